The van der Waals surface area contributed by atoms with Gasteiger partial charge in [0.25, 0.3) is 0 Å². The zero-order chi connectivity index (χ0) is 15.5. The second-order valence-corrected chi connectivity index (χ2v) is 6.30. The molecule has 2 rings (SSSR count). The van der Waals surface area contributed by atoms with Crippen LogP contribution < -0.4 is 16.6 Å². The summed E-state index contributed by atoms with van der Waals surface area (Å²) in [5.41, 5.74) is 4.01. The number of nitrogens with two attached hydrogens (primary N) is 1. The maximum absolute atomic E-state index is 5.56. The van der Waals surface area contributed by atoms with Crippen LogP contribution in [0.2, 0.25) is 0 Å². The van der Waals surface area contributed by atoms with Crippen LogP contribution in [-0.4, -0.2) is 30.2 Å². The van der Waals surface area contributed by atoms with Crippen molar-refractivity contribution < 1.29 is 4.74 Å². The number of ether oxygens (including phenoxy) is 1. The van der Waals surface area contributed by atoms with Gasteiger partial charge in [-0.1, -0.05) is 13.8 Å². The highest BCUT2D eigenvalue weighted by molar-refractivity contribution is 5.57. The van der Waals surface area contributed by atoms with E-state index in [0.29, 0.717) is 11.2 Å². The van der Waals surface area contributed by atoms with Crippen molar-refractivity contribution in [1.82, 2.24) is 9.97 Å². The minimum atomic E-state index is 0.265. The molecule has 0 atom stereocenters. The predicted octanol–water partition coefficient (Wildman–Crippen LogP) is 2.42. The average molecular weight is 293 g/mol. The summed E-state index contributed by atoms with van der Waals surface area (Å²) in [6.07, 6.45) is 3.61. The summed E-state index contributed by atoms with van der Waals surface area (Å²) in [7, 11) is 1.76. The van der Waals surface area contributed by atoms with Gasteiger partial charge in [-0.3, -0.25) is 0 Å². The van der Waals surface area contributed by atoms with Crippen LogP contribution in [0.3, 0.4) is 0 Å². The lowest BCUT2D eigenvalue weighted by Crippen LogP contribution is -2.20. The third-order valence-corrected chi connectivity index (χ3v) is 4.24. The van der Waals surface area contributed by atoms with Crippen LogP contribution in [0, 0.1) is 12.3 Å². The summed E-state index contributed by atoms with van der Waals surface area (Å²) < 4.78 is 5.20. The molecule has 1 heterocycles. The van der Waals surface area contributed by atoms with Gasteiger partial charge in [-0.15, -0.1) is 0 Å². The van der Waals surface area contributed by atoms with Crippen LogP contribution in [0.1, 0.15) is 50.4 Å². The van der Waals surface area contributed by atoms with Gasteiger partial charge in [-0.2, -0.15) is 0 Å². The first-order chi connectivity index (χ1) is 10.0. The quantitative estimate of drug-likeness (QED) is 0.504. The Balaban J connectivity index is 2.10. The number of aromatic nitrogens is 2. The Bertz CT molecular complexity index is 485. The van der Waals surface area contributed by atoms with Gasteiger partial charge < -0.3 is 15.5 Å². The van der Waals surface area contributed by atoms with Crippen LogP contribution in [-0.2, 0) is 4.74 Å². The zero-order valence-corrected chi connectivity index (χ0v) is 13.5. The van der Waals surface area contributed by atoms with Crippen molar-refractivity contribution in [3.05, 3.63) is 11.4 Å². The molecule has 6 heteroatoms. The number of rotatable bonds is 8. The fraction of sp³-hybridized carbons (Fsp3) is 0.733. The van der Waals surface area contributed by atoms with E-state index in [-0.39, 0.29) is 5.92 Å². The second-order valence-electron chi connectivity index (χ2n) is 6.30. The highest BCUT2D eigenvalue weighted by Crippen LogP contribution is 2.48. The molecule has 1 aliphatic carbocycles. The van der Waals surface area contributed by atoms with Gasteiger partial charge >= 0.3 is 0 Å². The van der Waals surface area contributed by atoms with Crippen molar-refractivity contribution in [1.29, 1.82) is 0 Å². The smallest absolute Gasteiger partial charge is 0.148 e. The maximum Gasteiger partial charge on any atom is 0.148 e. The summed E-state index contributed by atoms with van der Waals surface area (Å²) in [5.74, 6) is 8.21. The molecule has 0 unspecified atom stereocenters. The largest absolute Gasteiger partial charge is 0.385 e. The molecule has 0 radical (unpaired) electrons. The molecule has 1 aromatic heterocycles. The van der Waals surface area contributed by atoms with E-state index in [2.05, 4.69) is 34.6 Å². The van der Waals surface area contributed by atoms with Gasteiger partial charge in [0, 0.05) is 31.7 Å². The molecule has 1 aliphatic rings. The normalized spacial score (nSPS) is 16.1. The van der Waals surface area contributed by atoms with Gasteiger partial charge in [-0.25, -0.2) is 15.8 Å². The van der Waals surface area contributed by atoms with E-state index in [1.807, 2.05) is 6.92 Å². The number of nitrogens with one attached hydrogen (secondary N) is 2. The van der Waals surface area contributed by atoms with E-state index in [0.717, 1.165) is 36.8 Å². The van der Waals surface area contributed by atoms with E-state index in [9.17, 15) is 0 Å². The Morgan fingerprint density at radius 2 is 1.95 bits per heavy atom. The first-order valence-corrected chi connectivity index (χ1v) is 7.59. The van der Waals surface area contributed by atoms with E-state index >= 15 is 0 Å². The van der Waals surface area contributed by atoms with Crippen LogP contribution in [0.25, 0.3) is 0 Å². The number of hydrogen-bond donors (Lipinski definition) is 3. The van der Waals surface area contributed by atoms with E-state index < -0.39 is 0 Å². The fourth-order valence-electron chi connectivity index (χ4n) is 2.39. The van der Waals surface area contributed by atoms with Crippen molar-refractivity contribution in [2.24, 2.45) is 11.3 Å². The number of hydrogen-bond acceptors (Lipinski definition) is 6. The lowest BCUT2D eigenvalue weighted by Gasteiger charge is -2.19. The highest BCUT2D eigenvalue weighted by atomic mass is 16.5. The lowest BCUT2D eigenvalue weighted by molar-refractivity contribution is 0.175. The van der Waals surface area contributed by atoms with Crippen LogP contribution in [0.5, 0.6) is 0 Å². The molecule has 6 nitrogen and oxygen atoms in total. The Morgan fingerprint density at radius 1 is 1.29 bits per heavy atom. The highest BCUT2D eigenvalue weighted by Gasteiger charge is 2.41. The minimum absolute atomic E-state index is 0.265. The summed E-state index contributed by atoms with van der Waals surface area (Å²) in [5, 5.41) is 3.49. The second kappa shape index (κ2) is 6.58. The van der Waals surface area contributed by atoms with Crippen LogP contribution in [0.15, 0.2) is 0 Å². The Kier molecular flexibility index (Phi) is 5.00. The average Bonchev–Trinajstić information content (AvgIpc) is 3.24. The number of methoxy groups -OCH3 is 1. The number of anilines is 2. The summed E-state index contributed by atoms with van der Waals surface area (Å²) >= 11 is 0. The third-order valence-electron chi connectivity index (χ3n) is 4.24. The number of nitrogen functional groups attached to an aromatic ring is 1. The summed E-state index contributed by atoms with van der Waals surface area (Å²) in [6.45, 7) is 7.88. The Morgan fingerprint density at radius 3 is 2.48 bits per heavy atom. The maximum atomic E-state index is 5.56. The molecule has 0 aliphatic heterocycles. The molecule has 1 aromatic rings. The summed E-state index contributed by atoms with van der Waals surface area (Å²) in [6, 6.07) is 0. The molecule has 0 aromatic carbocycles. The van der Waals surface area contributed by atoms with Crippen LogP contribution in [0.4, 0.5) is 11.6 Å². The molecule has 4 N–H and O–H groups in total. The van der Waals surface area contributed by atoms with Crippen molar-refractivity contribution in [3.63, 3.8) is 0 Å². The molecular weight excluding hydrogens is 266 g/mol. The Labute approximate surface area is 126 Å². The van der Waals surface area contributed by atoms with Gasteiger partial charge in [0.05, 0.1) is 0 Å². The number of hydrazine groups is 1. The fourth-order valence-corrected chi connectivity index (χ4v) is 2.39. The van der Waals surface area contributed by atoms with Gasteiger partial charge in [0.15, 0.2) is 0 Å². The van der Waals surface area contributed by atoms with Gasteiger partial charge in [-0.05, 0) is 31.6 Å². The van der Waals surface area contributed by atoms with E-state index in [4.69, 9.17) is 10.6 Å². The molecule has 0 saturated heterocycles. The molecule has 118 valence electrons. The Hall–Kier alpha value is -1.40. The van der Waals surface area contributed by atoms with Crippen molar-refractivity contribution >= 4 is 11.6 Å². The zero-order valence-electron chi connectivity index (χ0n) is 13.5. The number of nitrogens with zero attached hydrogens (tertiary/aromatic N) is 2. The van der Waals surface area contributed by atoms with E-state index in [1.165, 1.54) is 12.8 Å². The first-order valence-electron chi connectivity index (χ1n) is 7.59. The third kappa shape index (κ3) is 3.83. The SMILES string of the molecule is COCCC1(CNc2nc(C(C)C)nc(NN)c2C)CC1. The predicted molar refractivity (Wildman–Crippen MR) is 85.3 cm³/mol. The lowest BCUT2D eigenvalue weighted by atomic mass is 10.0. The topological polar surface area (TPSA) is 85.1 Å². The molecule has 1 saturated carbocycles. The monoisotopic (exact) mass is 293 g/mol. The molecule has 0 amide bonds. The first kappa shape index (κ1) is 16.0. The molecule has 0 spiro atoms. The summed E-state index contributed by atoms with van der Waals surface area (Å²) in [4.78, 5) is 9.10. The van der Waals surface area contributed by atoms with Gasteiger partial charge in [0.2, 0.25) is 0 Å². The van der Waals surface area contributed by atoms with E-state index in [1.54, 1.807) is 7.11 Å². The van der Waals surface area contributed by atoms with Gasteiger partial charge in [0.1, 0.15) is 17.5 Å². The van der Waals surface area contributed by atoms with Crippen molar-refractivity contribution in [2.75, 3.05) is 31.0 Å². The van der Waals surface area contributed by atoms with Crippen molar-refractivity contribution in [2.45, 2.75) is 46.0 Å². The molecular formula is C15H27N5O. The molecule has 1 fully saturated rings. The molecule has 0 bridgehead atoms. The van der Waals surface area contributed by atoms with Crippen molar-refractivity contribution in [3.8, 4) is 0 Å². The minimum Gasteiger partial charge on any atom is -0.385 e. The standard InChI is InChI=1S/C15H27N5O/c1-10(2)12-18-13(11(3)14(19-12)20-16)17-9-15(5-6-15)7-8-21-4/h10H,5-9,16H2,1-4H3,(H2,17,18,19,20). The molecule has 21 heavy (non-hydrogen) atoms. The van der Waals surface area contributed by atoms with Crippen LogP contribution >= 0.6 is 0 Å².